The minimum Gasteiger partial charge on any atom is -0.318 e. The lowest BCUT2D eigenvalue weighted by Gasteiger charge is -2.27. The Morgan fingerprint density at radius 1 is 1.16 bits per heavy atom. The van der Waals surface area contributed by atoms with Crippen LogP contribution in [-0.2, 0) is 0 Å². The van der Waals surface area contributed by atoms with Gasteiger partial charge in [0.05, 0.1) is 0 Å². The van der Waals surface area contributed by atoms with Gasteiger partial charge in [0.1, 0.15) is 0 Å². The molecular weight excluding hydrogens is 230 g/mol. The molecule has 0 rings (SSSR count). The number of hydrogen-bond donors (Lipinski definition) is 0. The molecule has 0 saturated carbocycles. The second-order valence-corrected chi connectivity index (χ2v) is 4.82. The maximum Gasteiger partial charge on any atom is 0.0481 e. The van der Waals surface area contributed by atoms with Crippen LogP contribution in [0.5, 0.6) is 0 Å². The van der Waals surface area contributed by atoms with Crippen LogP contribution in [0.2, 0.25) is 0 Å². The van der Waals surface area contributed by atoms with Crippen molar-refractivity contribution in [2.75, 3.05) is 0 Å². The fourth-order valence-electron chi connectivity index (χ4n) is 1.73. The molecule has 0 radical (unpaired) electrons. The monoisotopic (exact) mass is 257 g/mol. The minimum atomic E-state index is 0.466. The van der Waals surface area contributed by atoms with Gasteiger partial charge >= 0.3 is 0 Å². The fourth-order valence-corrected chi connectivity index (χ4v) is 1.73. The number of allylic oxidation sites excluding steroid dienone is 5. The molecule has 0 aliphatic carbocycles. The van der Waals surface area contributed by atoms with E-state index in [0.29, 0.717) is 5.92 Å². The molecule has 0 aromatic rings. The zero-order chi connectivity index (χ0) is 15.0. The summed E-state index contributed by atoms with van der Waals surface area (Å²) < 4.78 is 0. The molecule has 19 heavy (non-hydrogen) atoms. The van der Waals surface area contributed by atoms with E-state index in [1.165, 1.54) is 0 Å². The van der Waals surface area contributed by atoms with Gasteiger partial charge in [-0.1, -0.05) is 57.9 Å². The molecule has 0 heterocycles. The van der Waals surface area contributed by atoms with E-state index >= 15 is 0 Å². The summed E-state index contributed by atoms with van der Waals surface area (Å²) in [4.78, 5) is 2.05. The highest BCUT2D eigenvalue weighted by Gasteiger charge is 2.13. The van der Waals surface area contributed by atoms with E-state index in [2.05, 4.69) is 50.6 Å². The molecule has 0 spiro atoms. The third kappa shape index (κ3) is 5.17. The Kier molecular flexibility index (Phi) is 7.59. The summed E-state index contributed by atoms with van der Waals surface area (Å²) in [5.74, 6) is 0.466. The predicted molar refractivity (Wildman–Crippen MR) is 87.5 cm³/mol. The third-order valence-corrected chi connectivity index (χ3v) is 2.64. The van der Waals surface area contributed by atoms with Gasteiger partial charge in [0.15, 0.2) is 0 Å². The molecule has 0 atom stereocenters. The Morgan fingerprint density at radius 2 is 1.74 bits per heavy atom. The van der Waals surface area contributed by atoms with Crippen LogP contribution in [0.3, 0.4) is 0 Å². The van der Waals surface area contributed by atoms with Gasteiger partial charge in [-0.05, 0) is 37.8 Å². The second-order valence-electron chi connectivity index (χ2n) is 4.82. The molecular formula is C18H27N. The van der Waals surface area contributed by atoms with Gasteiger partial charge in [-0.2, -0.15) is 0 Å². The Balaban J connectivity index is 5.69. The molecule has 0 bridgehead atoms. The first-order valence-electron chi connectivity index (χ1n) is 6.66. The van der Waals surface area contributed by atoms with Gasteiger partial charge in [-0.15, -0.1) is 0 Å². The third-order valence-electron chi connectivity index (χ3n) is 2.64. The number of nitrogens with zero attached hydrogens (tertiary/aromatic N) is 1. The van der Waals surface area contributed by atoms with Gasteiger partial charge in [-0.3, -0.25) is 0 Å². The molecule has 0 N–H and O–H groups in total. The molecule has 104 valence electrons. The highest BCUT2D eigenvalue weighted by atomic mass is 15.1. The SMILES string of the molecule is C=CC(=C\C(C)C)/C(=C/C)N(/C=C\C)C(=C)C(=C)C. The van der Waals surface area contributed by atoms with Crippen LogP contribution < -0.4 is 0 Å². The summed E-state index contributed by atoms with van der Waals surface area (Å²) >= 11 is 0. The van der Waals surface area contributed by atoms with Crippen molar-refractivity contribution < 1.29 is 0 Å². The lowest BCUT2D eigenvalue weighted by Crippen LogP contribution is -2.17. The Bertz CT molecular complexity index is 431. The van der Waals surface area contributed by atoms with Gasteiger partial charge in [0.2, 0.25) is 0 Å². The van der Waals surface area contributed by atoms with E-state index in [0.717, 1.165) is 22.5 Å². The Morgan fingerprint density at radius 3 is 2.05 bits per heavy atom. The molecule has 0 unspecified atom stereocenters. The highest BCUT2D eigenvalue weighted by molar-refractivity contribution is 5.43. The number of rotatable bonds is 7. The van der Waals surface area contributed by atoms with Gasteiger partial charge in [-0.25, -0.2) is 0 Å². The first kappa shape index (κ1) is 17.2. The van der Waals surface area contributed by atoms with Crippen molar-refractivity contribution in [3.05, 3.63) is 72.8 Å². The van der Waals surface area contributed by atoms with Crippen LogP contribution in [0.1, 0.15) is 34.6 Å². The van der Waals surface area contributed by atoms with Crippen molar-refractivity contribution in [1.82, 2.24) is 4.90 Å². The van der Waals surface area contributed by atoms with E-state index in [1.54, 1.807) is 0 Å². The van der Waals surface area contributed by atoms with E-state index in [9.17, 15) is 0 Å². The molecule has 0 fully saturated rings. The van der Waals surface area contributed by atoms with Gasteiger partial charge in [0.25, 0.3) is 0 Å². The summed E-state index contributed by atoms with van der Waals surface area (Å²) in [6, 6.07) is 0. The maximum atomic E-state index is 4.11. The topological polar surface area (TPSA) is 3.24 Å². The smallest absolute Gasteiger partial charge is 0.0481 e. The van der Waals surface area contributed by atoms with Crippen LogP contribution in [0.4, 0.5) is 0 Å². The average molecular weight is 257 g/mol. The van der Waals surface area contributed by atoms with Crippen molar-refractivity contribution in [3.8, 4) is 0 Å². The first-order valence-corrected chi connectivity index (χ1v) is 6.66. The largest absolute Gasteiger partial charge is 0.318 e. The van der Waals surface area contributed by atoms with E-state index in [-0.39, 0.29) is 0 Å². The number of hydrogen-bond acceptors (Lipinski definition) is 1. The van der Waals surface area contributed by atoms with E-state index in [1.807, 2.05) is 39.1 Å². The molecule has 0 aliphatic heterocycles. The standard InChI is InChI=1S/C18H27N/c1-9-12-19(16(8)15(6)7)18(11-3)17(10-2)13-14(4)5/h9-14H,2,6,8H2,1,3-5,7H3/b12-9-,17-13+,18-11-. The lowest BCUT2D eigenvalue weighted by atomic mass is 10.0. The normalized spacial score (nSPS) is 12.9. The summed E-state index contributed by atoms with van der Waals surface area (Å²) in [5, 5.41) is 0. The molecule has 0 aliphatic rings. The van der Waals surface area contributed by atoms with Crippen LogP contribution in [0.15, 0.2) is 72.8 Å². The first-order chi connectivity index (χ1) is 8.88. The van der Waals surface area contributed by atoms with E-state index < -0.39 is 0 Å². The molecule has 0 aromatic carbocycles. The van der Waals surface area contributed by atoms with Crippen LogP contribution in [0.25, 0.3) is 0 Å². The van der Waals surface area contributed by atoms with Crippen molar-refractivity contribution in [2.45, 2.75) is 34.6 Å². The highest BCUT2D eigenvalue weighted by Crippen LogP contribution is 2.25. The van der Waals surface area contributed by atoms with Crippen molar-refractivity contribution >= 4 is 0 Å². The lowest BCUT2D eigenvalue weighted by molar-refractivity contribution is 0.595. The van der Waals surface area contributed by atoms with Gasteiger partial charge < -0.3 is 4.90 Å². The Labute approximate surface area is 119 Å². The Hall–Kier alpha value is -1.76. The summed E-state index contributed by atoms with van der Waals surface area (Å²) in [6.07, 6.45) is 10.2. The van der Waals surface area contributed by atoms with Crippen molar-refractivity contribution in [2.24, 2.45) is 5.92 Å². The van der Waals surface area contributed by atoms with Crippen molar-refractivity contribution in [1.29, 1.82) is 0 Å². The molecule has 0 saturated heterocycles. The van der Waals surface area contributed by atoms with E-state index in [4.69, 9.17) is 0 Å². The molecule has 1 heteroatoms. The molecule has 1 nitrogen and oxygen atoms in total. The quantitative estimate of drug-likeness (QED) is 0.538. The van der Waals surface area contributed by atoms with Crippen LogP contribution >= 0.6 is 0 Å². The zero-order valence-corrected chi connectivity index (χ0v) is 13.0. The molecule has 0 aromatic heterocycles. The second kappa shape index (κ2) is 8.36. The minimum absolute atomic E-state index is 0.466. The predicted octanol–water partition coefficient (Wildman–Crippen LogP) is 5.58. The van der Waals surface area contributed by atoms with Crippen molar-refractivity contribution in [3.63, 3.8) is 0 Å². The van der Waals surface area contributed by atoms with Crippen LogP contribution in [-0.4, -0.2) is 4.90 Å². The fraction of sp³-hybridized carbons (Fsp3) is 0.333. The maximum absolute atomic E-state index is 4.11. The average Bonchev–Trinajstić information content (AvgIpc) is 2.35. The summed E-state index contributed by atoms with van der Waals surface area (Å²) in [7, 11) is 0. The summed E-state index contributed by atoms with van der Waals surface area (Å²) in [5.41, 5.74) is 4.03. The van der Waals surface area contributed by atoms with Crippen LogP contribution in [0, 0.1) is 5.92 Å². The molecule has 0 amide bonds. The summed E-state index contributed by atoms with van der Waals surface area (Å²) in [6.45, 7) is 22.3. The zero-order valence-electron chi connectivity index (χ0n) is 13.0. The van der Waals surface area contributed by atoms with Gasteiger partial charge in [0, 0.05) is 17.6 Å².